The highest BCUT2D eigenvalue weighted by molar-refractivity contribution is 9.10. The van der Waals surface area contributed by atoms with Gasteiger partial charge < -0.3 is 0 Å². The number of carbonyl (C=O) groups is 2. The maximum atomic E-state index is 12.2. The van der Waals surface area contributed by atoms with Crippen molar-refractivity contribution < 1.29 is 9.59 Å². The summed E-state index contributed by atoms with van der Waals surface area (Å²) in [7, 11) is 0. The van der Waals surface area contributed by atoms with E-state index in [1.807, 2.05) is 6.07 Å². The molecule has 0 saturated carbocycles. The highest BCUT2D eigenvalue weighted by atomic mass is 79.9. The van der Waals surface area contributed by atoms with Gasteiger partial charge >= 0.3 is 0 Å². The molecule has 0 amide bonds. The van der Waals surface area contributed by atoms with Crippen LogP contribution in [0.4, 0.5) is 0 Å². The molecule has 0 bridgehead atoms. The van der Waals surface area contributed by atoms with Crippen molar-refractivity contribution >= 4 is 27.5 Å². The van der Waals surface area contributed by atoms with Crippen molar-refractivity contribution in [3.05, 3.63) is 70.2 Å². The molecule has 0 radical (unpaired) electrons. The fourth-order valence-electron chi connectivity index (χ4n) is 1.84. The summed E-state index contributed by atoms with van der Waals surface area (Å²) in [6.45, 7) is 1.65. The Morgan fingerprint density at radius 2 is 1.32 bits per heavy atom. The van der Waals surface area contributed by atoms with Gasteiger partial charge in [-0.1, -0.05) is 58.4 Å². The summed E-state index contributed by atoms with van der Waals surface area (Å²) in [5.41, 5.74) is 1.13. The molecule has 0 aromatic heterocycles. The summed E-state index contributed by atoms with van der Waals surface area (Å²) in [6.07, 6.45) is 0. The van der Waals surface area contributed by atoms with Crippen LogP contribution in [0.5, 0.6) is 0 Å². The van der Waals surface area contributed by atoms with Gasteiger partial charge in [-0.2, -0.15) is 0 Å². The van der Waals surface area contributed by atoms with E-state index in [0.717, 1.165) is 4.47 Å². The first kappa shape index (κ1) is 13.7. The number of hydrogen-bond acceptors (Lipinski definition) is 2. The minimum atomic E-state index is -0.663. The van der Waals surface area contributed by atoms with Crippen molar-refractivity contribution in [3.8, 4) is 0 Å². The van der Waals surface area contributed by atoms with Crippen LogP contribution in [-0.4, -0.2) is 11.6 Å². The molecule has 96 valence electrons. The SMILES string of the molecule is CC(C(=O)c1ccccc1)C(=O)c1ccc(Br)cc1. The predicted molar refractivity (Wildman–Crippen MR) is 78.4 cm³/mol. The molecule has 2 aromatic rings. The molecule has 2 rings (SSSR count). The molecule has 0 N–H and O–H groups in total. The highest BCUT2D eigenvalue weighted by Crippen LogP contribution is 2.17. The molecule has 0 fully saturated rings. The van der Waals surface area contributed by atoms with Crippen molar-refractivity contribution in [1.82, 2.24) is 0 Å². The van der Waals surface area contributed by atoms with E-state index in [0.29, 0.717) is 11.1 Å². The molecular formula is C16H13BrO2. The lowest BCUT2D eigenvalue weighted by molar-refractivity contribution is 0.0821. The second kappa shape index (κ2) is 5.93. The number of hydrogen-bond donors (Lipinski definition) is 0. The molecule has 2 aromatic carbocycles. The summed E-state index contributed by atoms with van der Waals surface area (Å²) in [4.78, 5) is 24.4. The minimum Gasteiger partial charge on any atom is -0.293 e. The summed E-state index contributed by atoms with van der Waals surface area (Å²) in [5.74, 6) is -0.960. The summed E-state index contributed by atoms with van der Waals surface area (Å²) in [6, 6.07) is 15.9. The van der Waals surface area contributed by atoms with Gasteiger partial charge in [0, 0.05) is 15.6 Å². The van der Waals surface area contributed by atoms with Gasteiger partial charge in [0.2, 0.25) is 0 Å². The first-order chi connectivity index (χ1) is 9.09. The average Bonchev–Trinajstić information content (AvgIpc) is 2.46. The van der Waals surface area contributed by atoms with Crippen LogP contribution in [0.1, 0.15) is 27.6 Å². The van der Waals surface area contributed by atoms with E-state index in [1.54, 1.807) is 55.5 Å². The Kier molecular flexibility index (Phi) is 4.27. The number of Topliss-reactive ketones (excluding diaryl/α,β-unsaturated/α-hetero) is 2. The molecular weight excluding hydrogens is 304 g/mol. The first-order valence-electron chi connectivity index (χ1n) is 5.98. The Morgan fingerprint density at radius 1 is 0.842 bits per heavy atom. The van der Waals surface area contributed by atoms with E-state index in [2.05, 4.69) is 15.9 Å². The Balaban J connectivity index is 2.20. The summed E-state index contributed by atoms with van der Waals surface area (Å²) >= 11 is 3.32. The Hall–Kier alpha value is -1.74. The molecule has 3 heteroatoms. The third kappa shape index (κ3) is 3.18. The molecule has 0 aliphatic carbocycles. The molecule has 19 heavy (non-hydrogen) atoms. The van der Waals surface area contributed by atoms with Crippen molar-refractivity contribution in [2.75, 3.05) is 0 Å². The van der Waals surface area contributed by atoms with Gasteiger partial charge in [-0.25, -0.2) is 0 Å². The van der Waals surface area contributed by atoms with E-state index < -0.39 is 5.92 Å². The van der Waals surface area contributed by atoms with Crippen molar-refractivity contribution in [2.45, 2.75) is 6.92 Å². The van der Waals surface area contributed by atoms with Crippen molar-refractivity contribution in [2.24, 2.45) is 5.92 Å². The quantitative estimate of drug-likeness (QED) is 0.627. The van der Waals surface area contributed by atoms with Crippen molar-refractivity contribution in [1.29, 1.82) is 0 Å². The number of halogens is 1. The molecule has 2 nitrogen and oxygen atoms in total. The van der Waals surface area contributed by atoms with Gasteiger partial charge in [-0.3, -0.25) is 9.59 Å². The van der Waals surface area contributed by atoms with Crippen LogP contribution in [0, 0.1) is 5.92 Å². The fourth-order valence-corrected chi connectivity index (χ4v) is 2.10. The van der Waals surface area contributed by atoms with E-state index in [-0.39, 0.29) is 11.6 Å². The molecule has 1 unspecified atom stereocenters. The fraction of sp³-hybridized carbons (Fsp3) is 0.125. The maximum Gasteiger partial charge on any atom is 0.173 e. The number of benzene rings is 2. The lowest BCUT2D eigenvalue weighted by Crippen LogP contribution is -2.21. The topological polar surface area (TPSA) is 34.1 Å². The second-order valence-electron chi connectivity index (χ2n) is 4.32. The van der Waals surface area contributed by atoms with E-state index in [1.165, 1.54) is 0 Å². The zero-order valence-electron chi connectivity index (χ0n) is 10.5. The maximum absolute atomic E-state index is 12.2. The van der Waals surface area contributed by atoms with Gasteiger partial charge in [0.05, 0.1) is 5.92 Å². The van der Waals surface area contributed by atoms with Crippen LogP contribution in [0.15, 0.2) is 59.1 Å². The van der Waals surface area contributed by atoms with Crippen LogP contribution in [0.25, 0.3) is 0 Å². The minimum absolute atomic E-state index is 0.145. The Morgan fingerprint density at radius 3 is 1.84 bits per heavy atom. The lowest BCUT2D eigenvalue weighted by Gasteiger charge is -2.09. The monoisotopic (exact) mass is 316 g/mol. The third-order valence-electron chi connectivity index (χ3n) is 2.97. The molecule has 0 aliphatic heterocycles. The Labute approximate surface area is 120 Å². The second-order valence-corrected chi connectivity index (χ2v) is 5.24. The van der Waals surface area contributed by atoms with Crippen LogP contribution < -0.4 is 0 Å². The summed E-state index contributed by atoms with van der Waals surface area (Å²) < 4.78 is 0.908. The van der Waals surface area contributed by atoms with Crippen LogP contribution in [0.2, 0.25) is 0 Å². The van der Waals surface area contributed by atoms with Crippen LogP contribution in [0.3, 0.4) is 0 Å². The van der Waals surface area contributed by atoms with Crippen molar-refractivity contribution in [3.63, 3.8) is 0 Å². The van der Waals surface area contributed by atoms with Gasteiger partial charge in [0.15, 0.2) is 11.6 Å². The van der Waals surface area contributed by atoms with Crippen LogP contribution in [-0.2, 0) is 0 Å². The number of carbonyl (C=O) groups excluding carboxylic acids is 2. The highest BCUT2D eigenvalue weighted by Gasteiger charge is 2.23. The lowest BCUT2D eigenvalue weighted by atomic mass is 9.92. The molecule has 0 spiro atoms. The largest absolute Gasteiger partial charge is 0.293 e. The van der Waals surface area contributed by atoms with Gasteiger partial charge in [-0.15, -0.1) is 0 Å². The van der Waals surface area contributed by atoms with Gasteiger partial charge in [0.25, 0.3) is 0 Å². The average molecular weight is 317 g/mol. The third-order valence-corrected chi connectivity index (χ3v) is 3.50. The predicted octanol–water partition coefficient (Wildman–Crippen LogP) is 4.15. The van der Waals surface area contributed by atoms with E-state index in [9.17, 15) is 9.59 Å². The molecule has 0 aliphatic rings. The summed E-state index contributed by atoms with van der Waals surface area (Å²) in [5, 5.41) is 0. The standard InChI is InChI=1S/C16H13BrO2/c1-11(15(18)12-5-3-2-4-6-12)16(19)13-7-9-14(17)10-8-13/h2-11H,1H3. The number of rotatable bonds is 4. The first-order valence-corrected chi connectivity index (χ1v) is 6.78. The smallest absolute Gasteiger partial charge is 0.173 e. The van der Waals surface area contributed by atoms with Gasteiger partial charge in [-0.05, 0) is 19.1 Å². The van der Waals surface area contributed by atoms with Crippen LogP contribution >= 0.6 is 15.9 Å². The van der Waals surface area contributed by atoms with E-state index >= 15 is 0 Å². The molecule has 0 saturated heterocycles. The van der Waals surface area contributed by atoms with E-state index in [4.69, 9.17) is 0 Å². The normalized spacial score (nSPS) is 11.9. The Bertz CT molecular complexity index is 588. The molecule has 0 heterocycles. The van der Waals surface area contributed by atoms with Gasteiger partial charge in [0.1, 0.15) is 0 Å². The number of ketones is 2. The molecule has 1 atom stereocenters. The zero-order chi connectivity index (χ0) is 13.8. The zero-order valence-corrected chi connectivity index (χ0v) is 12.1.